The quantitative estimate of drug-likeness (QED) is 0.166. The van der Waals surface area contributed by atoms with Crippen LogP contribution in [-0.4, -0.2) is 0 Å². The molecule has 70 heavy (non-hydrogen) atoms. The van der Waals surface area contributed by atoms with Gasteiger partial charge in [0, 0.05) is 22.2 Å². The molecular formula is C69H61N. The van der Waals surface area contributed by atoms with Gasteiger partial charge in [-0.05, 0) is 137 Å². The van der Waals surface area contributed by atoms with Crippen molar-refractivity contribution in [3.63, 3.8) is 0 Å². The molecule has 342 valence electrons. The van der Waals surface area contributed by atoms with Gasteiger partial charge < -0.3 is 4.90 Å². The summed E-state index contributed by atoms with van der Waals surface area (Å²) >= 11 is 0. The predicted molar refractivity (Wildman–Crippen MR) is 295 cm³/mol. The average Bonchev–Trinajstić information content (AvgIpc) is 3.95. The van der Waals surface area contributed by atoms with Crippen molar-refractivity contribution in [1.82, 2.24) is 0 Å². The Balaban J connectivity index is 1.11. The smallest absolute Gasteiger partial charge is 0.0726 e. The summed E-state index contributed by atoms with van der Waals surface area (Å²) in [5, 5.41) is 0. The van der Waals surface area contributed by atoms with Gasteiger partial charge in [0.1, 0.15) is 0 Å². The van der Waals surface area contributed by atoms with Crippen molar-refractivity contribution in [2.45, 2.75) is 95.3 Å². The fourth-order valence-electron chi connectivity index (χ4n) is 13.5. The van der Waals surface area contributed by atoms with Crippen molar-refractivity contribution in [2.24, 2.45) is 0 Å². The van der Waals surface area contributed by atoms with E-state index in [9.17, 15) is 0 Å². The van der Waals surface area contributed by atoms with Crippen LogP contribution in [0.2, 0.25) is 0 Å². The van der Waals surface area contributed by atoms with Crippen LogP contribution in [0.4, 0.5) is 17.1 Å². The Kier molecular flexibility index (Phi) is 9.58. The average molecular weight is 904 g/mol. The molecule has 1 nitrogen and oxygen atoms in total. The molecular weight excluding hydrogens is 843 g/mol. The van der Waals surface area contributed by atoms with Gasteiger partial charge in [-0.25, -0.2) is 0 Å². The Labute approximate surface area is 415 Å². The maximum absolute atomic E-state index is 2.60. The van der Waals surface area contributed by atoms with E-state index in [4.69, 9.17) is 0 Å². The molecule has 0 unspecified atom stereocenters. The first-order chi connectivity index (χ1) is 34.0. The zero-order valence-electron chi connectivity index (χ0n) is 41.5. The number of para-hydroxylation sites is 2. The van der Waals surface area contributed by atoms with Gasteiger partial charge in [-0.2, -0.15) is 0 Å². The summed E-state index contributed by atoms with van der Waals surface area (Å²) in [5.41, 5.74) is 27.2. The van der Waals surface area contributed by atoms with Crippen molar-refractivity contribution in [3.05, 3.63) is 245 Å². The third-order valence-electron chi connectivity index (χ3n) is 16.8. The van der Waals surface area contributed by atoms with Gasteiger partial charge in [-0.3, -0.25) is 0 Å². The molecule has 0 amide bonds. The minimum absolute atomic E-state index is 0.0270. The number of rotatable bonds is 5. The molecule has 0 saturated heterocycles. The summed E-state index contributed by atoms with van der Waals surface area (Å²) in [6.07, 6.45) is 6.27. The Morgan fingerprint density at radius 3 is 1.46 bits per heavy atom. The van der Waals surface area contributed by atoms with Crippen LogP contribution in [0.5, 0.6) is 0 Å². The number of fused-ring (bicyclic) bond motifs is 15. The van der Waals surface area contributed by atoms with Gasteiger partial charge in [0.2, 0.25) is 0 Å². The molecule has 1 heteroatoms. The van der Waals surface area contributed by atoms with Crippen LogP contribution >= 0.6 is 0 Å². The molecule has 0 radical (unpaired) electrons. The Hall–Kier alpha value is -7.22. The maximum atomic E-state index is 2.60. The lowest BCUT2D eigenvalue weighted by atomic mass is 9.68. The van der Waals surface area contributed by atoms with Crippen LogP contribution in [0.1, 0.15) is 118 Å². The zero-order chi connectivity index (χ0) is 47.6. The first kappa shape index (κ1) is 42.8. The lowest BCUT2D eigenvalue weighted by Gasteiger charge is -2.36. The second-order valence-electron chi connectivity index (χ2n) is 22.7. The Morgan fingerprint density at radius 2 is 0.814 bits per heavy atom. The summed E-state index contributed by atoms with van der Waals surface area (Å²) in [7, 11) is 0. The first-order valence-corrected chi connectivity index (χ1v) is 25.8. The second-order valence-corrected chi connectivity index (χ2v) is 22.7. The van der Waals surface area contributed by atoms with Gasteiger partial charge in [0.05, 0.1) is 16.8 Å². The highest BCUT2D eigenvalue weighted by Gasteiger charge is 2.53. The first-order valence-electron chi connectivity index (χ1n) is 25.8. The molecule has 9 aromatic carbocycles. The topological polar surface area (TPSA) is 3.24 Å². The third-order valence-corrected chi connectivity index (χ3v) is 16.8. The normalized spacial score (nSPS) is 15.5. The van der Waals surface area contributed by atoms with Gasteiger partial charge in [-0.15, -0.1) is 0 Å². The summed E-state index contributed by atoms with van der Waals surface area (Å²) in [5.74, 6) is 0. The maximum Gasteiger partial charge on any atom is 0.0726 e. The molecule has 0 aliphatic heterocycles. The van der Waals surface area contributed by atoms with E-state index >= 15 is 0 Å². The van der Waals surface area contributed by atoms with Crippen LogP contribution in [0.3, 0.4) is 0 Å². The Bertz CT molecular complexity index is 3490. The predicted octanol–water partition coefficient (Wildman–Crippen LogP) is 18.7. The van der Waals surface area contributed by atoms with Crippen LogP contribution in [-0.2, 0) is 21.7 Å². The van der Waals surface area contributed by atoms with Crippen molar-refractivity contribution in [2.75, 3.05) is 4.90 Å². The minimum Gasteiger partial charge on any atom is -0.309 e. The van der Waals surface area contributed by atoms with Gasteiger partial charge in [-0.1, -0.05) is 237 Å². The van der Waals surface area contributed by atoms with E-state index in [1.54, 1.807) is 0 Å². The van der Waals surface area contributed by atoms with E-state index in [2.05, 4.69) is 247 Å². The van der Waals surface area contributed by atoms with Gasteiger partial charge in [0.15, 0.2) is 0 Å². The summed E-state index contributed by atoms with van der Waals surface area (Å²) < 4.78 is 0. The van der Waals surface area contributed by atoms with Crippen LogP contribution in [0.25, 0.3) is 55.6 Å². The van der Waals surface area contributed by atoms with Crippen LogP contribution in [0.15, 0.2) is 200 Å². The lowest BCUT2D eigenvalue weighted by Crippen LogP contribution is -2.28. The molecule has 9 aromatic rings. The molecule has 1 fully saturated rings. The monoisotopic (exact) mass is 903 g/mol. The van der Waals surface area contributed by atoms with E-state index in [1.165, 1.54) is 138 Å². The number of nitrogens with zero attached hydrogens (tertiary/aromatic N) is 1. The van der Waals surface area contributed by atoms with Gasteiger partial charge in [0.25, 0.3) is 0 Å². The highest BCUT2D eigenvalue weighted by Crippen LogP contribution is 2.65. The summed E-state index contributed by atoms with van der Waals surface area (Å²) in [6, 6.07) is 77.3. The van der Waals surface area contributed by atoms with E-state index in [0.29, 0.717) is 0 Å². The SMILES string of the molecule is CC(C)(C)c1ccc2c(c1)C1(c3ccccc3-c3ccc(N(c4ccccc4-c4ccccc4)c4ccccc4-c4cccc5c4-c4ccccc4C54CCCCC4)cc31)c1cc(C(C)(C)C)ccc1-2. The number of anilines is 3. The molecule has 0 heterocycles. The molecule has 0 aromatic heterocycles. The van der Waals surface area contributed by atoms with Crippen molar-refractivity contribution in [1.29, 1.82) is 0 Å². The molecule has 0 bridgehead atoms. The molecule has 0 atom stereocenters. The number of hydrogen-bond donors (Lipinski definition) is 0. The third kappa shape index (κ3) is 6.16. The molecule has 2 spiro atoms. The van der Waals surface area contributed by atoms with Gasteiger partial charge >= 0.3 is 0 Å². The molecule has 1 saturated carbocycles. The number of hydrogen-bond acceptors (Lipinski definition) is 1. The Morgan fingerprint density at radius 1 is 0.343 bits per heavy atom. The molecule has 4 aliphatic rings. The highest BCUT2D eigenvalue weighted by atomic mass is 15.1. The fourth-order valence-corrected chi connectivity index (χ4v) is 13.5. The van der Waals surface area contributed by atoms with E-state index in [-0.39, 0.29) is 16.2 Å². The molecule has 0 N–H and O–H groups in total. The lowest BCUT2D eigenvalue weighted by molar-refractivity contribution is 0.353. The van der Waals surface area contributed by atoms with E-state index in [0.717, 1.165) is 11.4 Å². The van der Waals surface area contributed by atoms with Crippen molar-refractivity contribution >= 4 is 17.1 Å². The van der Waals surface area contributed by atoms with Crippen molar-refractivity contribution in [3.8, 4) is 55.6 Å². The van der Waals surface area contributed by atoms with Crippen LogP contribution in [0, 0.1) is 0 Å². The van der Waals surface area contributed by atoms with E-state index < -0.39 is 5.41 Å². The van der Waals surface area contributed by atoms with Crippen LogP contribution < -0.4 is 4.90 Å². The molecule has 4 aliphatic carbocycles. The highest BCUT2D eigenvalue weighted by molar-refractivity contribution is 6.01. The molecule has 13 rings (SSSR count). The standard InChI is InChI=1S/C69H61N/c1-66(2,3)46-34-37-51-52-38-35-47(67(4,5)6)43-61(52)69(60(51)42-46)58-30-16-11-25-50(58)53-39-36-48(44-62(53)69)70(63-32-17-13-24-49(63)45-22-9-7-10-23-45)64-33-18-14-26-54(64)55-28-21-31-59-65(55)56-27-12-15-29-57(56)68(59)40-19-8-20-41-68/h7,9-18,21-39,42-44H,8,19-20,40-41H2,1-6H3. The fraction of sp³-hybridized carbons (Fsp3) is 0.217. The summed E-state index contributed by atoms with van der Waals surface area (Å²) in [4.78, 5) is 2.60. The minimum atomic E-state index is -0.530. The van der Waals surface area contributed by atoms with E-state index in [1.807, 2.05) is 0 Å². The largest absolute Gasteiger partial charge is 0.309 e. The zero-order valence-corrected chi connectivity index (χ0v) is 41.5. The van der Waals surface area contributed by atoms with Crippen molar-refractivity contribution < 1.29 is 0 Å². The second kappa shape index (κ2) is 15.6. The number of benzene rings is 9. The summed E-state index contributed by atoms with van der Waals surface area (Å²) in [6.45, 7) is 14.1.